The van der Waals surface area contributed by atoms with Crippen molar-refractivity contribution in [2.75, 3.05) is 37.1 Å². The lowest BCUT2D eigenvalue weighted by Crippen LogP contribution is -2.52. The van der Waals surface area contributed by atoms with Crippen molar-refractivity contribution in [3.05, 3.63) is 58.9 Å². The number of likely N-dealkylation sites (N-methyl/N-ethyl adjacent to an activating group) is 2. The van der Waals surface area contributed by atoms with Crippen LogP contribution in [0.15, 0.2) is 36.7 Å². The fraction of sp³-hybridized carbons (Fsp3) is 0.486. The Labute approximate surface area is 264 Å². The molecule has 0 bridgehead atoms. The molecule has 2 amide bonds. The van der Waals surface area contributed by atoms with Gasteiger partial charge in [-0.15, -0.1) is 0 Å². The molecule has 0 saturated carbocycles. The molecule has 45 heavy (non-hydrogen) atoms. The van der Waals surface area contributed by atoms with Gasteiger partial charge >= 0.3 is 0 Å². The number of carbonyl (C=O) groups is 2. The lowest BCUT2D eigenvalue weighted by atomic mass is 9.95. The molecule has 240 valence electrons. The molecular weight excluding hydrogens is 568 g/mol. The summed E-state index contributed by atoms with van der Waals surface area (Å²) in [6.07, 6.45) is 5.73. The summed E-state index contributed by atoms with van der Waals surface area (Å²) >= 11 is 0. The molecule has 4 heterocycles. The molecular formula is C35H46N6O4. The van der Waals surface area contributed by atoms with Crippen LogP contribution in [0.3, 0.4) is 0 Å². The Balaban J connectivity index is 1.47. The SMILES string of the molecule is CC(C)C1C(=O)NC(CO)Cc2c[nH]c3c(Cc4ccc5c6c(c[nH]c46)CC(CO)NC(=O)C(C(C)C)N5C)ccc(c23)N1C. The molecule has 2 aliphatic heterocycles. The molecule has 0 radical (unpaired) electrons. The van der Waals surface area contributed by atoms with Crippen molar-refractivity contribution in [2.24, 2.45) is 11.8 Å². The number of benzene rings is 2. The summed E-state index contributed by atoms with van der Waals surface area (Å²) in [6, 6.07) is 7.04. The summed E-state index contributed by atoms with van der Waals surface area (Å²) in [6.45, 7) is 7.93. The molecule has 2 aromatic carbocycles. The molecule has 0 saturated heterocycles. The van der Waals surface area contributed by atoms with Gasteiger partial charge in [0.05, 0.1) is 36.3 Å². The first-order valence-electron chi connectivity index (χ1n) is 16.1. The van der Waals surface area contributed by atoms with Crippen LogP contribution in [0.2, 0.25) is 0 Å². The minimum Gasteiger partial charge on any atom is -0.394 e. The number of rotatable bonds is 6. The van der Waals surface area contributed by atoms with Crippen LogP contribution >= 0.6 is 0 Å². The second kappa shape index (κ2) is 12.1. The second-order valence-corrected chi connectivity index (χ2v) is 13.6. The summed E-state index contributed by atoms with van der Waals surface area (Å²) in [4.78, 5) is 37.9. The summed E-state index contributed by atoms with van der Waals surface area (Å²) < 4.78 is 0. The lowest BCUT2D eigenvalue weighted by molar-refractivity contribution is -0.125. The number of aromatic amines is 2. The average Bonchev–Trinajstić information content (AvgIpc) is 3.62. The Kier molecular flexibility index (Phi) is 8.30. The first-order chi connectivity index (χ1) is 21.5. The van der Waals surface area contributed by atoms with Crippen molar-refractivity contribution in [1.82, 2.24) is 20.6 Å². The Morgan fingerprint density at radius 1 is 0.711 bits per heavy atom. The Morgan fingerprint density at radius 2 is 1.11 bits per heavy atom. The van der Waals surface area contributed by atoms with E-state index in [-0.39, 0.29) is 61.0 Å². The van der Waals surface area contributed by atoms with Crippen LogP contribution < -0.4 is 20.4 Å². The smallest absolute Gasteiger partial charge is 0.243 e. The van der Waals surface area contributed by atoms with Gasteiger partial charge in [-0.05, 0) is 59.1 Å². The van der Waals surface area contributed by atoms with E-state index >= 15 is 0 Å². The standard InChI is InChI=1S/C35H46N6O4/c1-18(2)32-34(44)38-24(16-42)12-22-14-36-30-20(7-9-26(28(22)30)40(32)5)11-21-8-10-27-29-23(15-37-31(21)29)13-25(17-43)39-35(45)33(19(3)4)41(27)6/h7-10,14-15,18-19,24-25,32-33,36-37,42-43H,11-13,16-17H2,1-6H3,(H,38,44)(H,39,45). The molecule has 4 atom stereocenters. The van der Waals surface area contributed by atoms with E-state index in [2.05, 4.69) is 54.7 Å². The highest BCUT2D eigenvalue weighted by Crippen LogP contribution is 2.39. The quantitative estimate of drug-likeness (QED) is 0.197. The fourth-order valence-electron chi connectivity index (χ4n) is 7.70. The number of H-pyrrole nitrogens is 2. The molecule has 10 nitrogen and oxygen atoms in total. The maximum Gasteiger partial charge on any atom is 0.243 e. The summed E-state index contributed by atoms with van der Waals surface area (Å²) in [5.74, 6) is -0.00790. The zero-order valence-electron chi connectivity index (χ0n) is 27.1. The lowest BCUT2D eigenvalue weighted by Gasteiger charge is -2.33. The molecule has 4 aromatic rings. The van der Waals surface area contributed by atoms with E-state index < -0.39 is 0 Å². The van der Waals surface area contributed by atoms with Gasteiger partial charge in [0, 0.05) is 55.1 Å². The van der Waals surface area contributed by atoms with E-state index in [1.165, 1.54) is 0 Å². The number of carbonyl (C=O) groups excluding carboxylic acids is 2. The van der Waals surface area contributed by atoms with Crippen LogP contribution in [0.5, 0.6) is 0 Å². The highest BCUT2D eigenvalue weighted by atomic mass is 16.3. The summed E-state index contributed by atoms with van der Waals surface area (Å²) in [7, 11) is 3.95. The number of hydrogen-bond acceptors (Lipinski definition) is 6. The first-order valence-corrected chi connectivity index (χ1v) is 16.1. The van der Waals surface area contributed by atoms with Crippen molar-refractivity contribution in [3.63, 3.8) is 0 Å². The molecule has 6 rings (SSSR count). The third-order valence-electron chi connectivity index (χ3n) is 9.80. The van der Waals surface area contributed by atoms with E-state index in [1.54, 1.807) is 0 Å². The Morgan fingerprint density at radius 3 is 1.47 bits per heavy atom. The molecule has 0 spiro atoms. The van der Waals surface area contributed by atoms with Gasteiger partial charge in [0.2, 0.25) is 11.8 Å². The fourth-order valence-corrected chi connectivity index (χ4v) is 7.70. The van der Waals surface area contributed by atoms with E-state index in [4.69, 9.17) is 0 Å². The van der Waals surface area contributed by atoms with Crippen LogP contribution in [0, 0.1) is 11.8 Å². The van der Waals surface area contributed by atoms with Crippen LogP contribution in [-0.2, 0) is 28.9 Å². The molecule has 0 aliphatic carbocycles. The van der Waals surface area contributed by atoms with Gasteiger partial charge in [-0.25, -0.2) is 0 Å². The van der Waals surface area contributed by atoms with Gasteiger partial charge in [-0.1, -0.05) is 39.8 Å². The first kappa shape index (κ1) is 31.0. The summed E-state index contributed by atoms with van der Waals surface area (Å²) in [5, 5.41) is 28.6. The zero-order valence-corrected chi connectivity index (χ0v) is 27.1. The van der Waals surface area contributed by atoms with Crippen molar-refractivity contribution < 1.29 is 19.8 Å². The maximum absolute atomic E-state index is 13.3. The largest absolute Gasteiger partial charge is 0.394 e. The third-order valence-corrected chi connectivity index (χ3v) is 9.80. The monoisotopic (exact) mass is 614 g/mol. The molecule has 2 aromatic heterocycles. The molecule has 0 fully saturated rings. The normalized spacial score (nSPS) is 22.6. The van der Waals surface area contributed by atoms with Gasteiger partial charge < -0.3 is 40.6 Å². The van der Waals surface area contributed by atoms with Crippen LogP contribution in [0.1, 0.15) is 49.9 Å². The molecule has 6 N–H and O–H groups in total. The Hall–Kier alpha value is -4.02. The van der Waals surface area contributed by atoms with Gasteiger partial charge in [0.1, 0.15) is 12.1 Å². The second-order valence-electron chi connectivity index (χ2n) is 13.6. The van der Waals surface area contributed by atoms with Gasteiger partial charge in [-0.3, -0.25) is 9.59 Å². The maximum atomic E-state index is 13.3. The number of aliphatic hydroxyl groups is 2. The minimum atomic E-state index is -0.378. The number of nitrogens with zero attached hydrogens (tertiary/aromatic N) is 2. The Bertz CT molecular complexity index is 1610. The number of hydrogen-bond donors (Lipinski definition) is 6. The minimum absolute atomic E-state index is 0.0684. The van der Waals surface area contributed by atoms with Gasteiger partial charge in [0.15, 0.2) is 0 Å². The molecule has 10 heteroatoms. The number of anilines is 2. The third kappa shape index (κ3) is 5.33. The number of amides is 2. The number of aliphatic hydroxyl groups excluding tert-OH is 2. The van der Waals surface area contributed by atoms with Gasteiger partial charge in [0.25, 0.3) is 0 Å². The van der Waals surface area contributed by atoms with E-state index in [9.17, 15) is 19.8 Å². The van der Waals surface area contributed by atoms with Gasteiger partial charge in [-0.2, -0.15) is 0 Å². The average molecular weight is 615 g/mol. The van der Waals surface area contributed by atoms with E-state index in [0.29, 0.717) is 19.3 Å². The van der Waals surface area contributed by atoms with Crippen LogP contribution in [0.25, 0.3) is 21.8 Å². The topological polar surface area (TPSA) is 137 Å². The molecule has 4 unspecified atom stereocenters. The predicted octanol–water partition coefficient (Wildman–Crippen LogP) is 3.23. The van der Waals surface area contributed by atoms with E-state index in [1.807, 2.05) is 54.2 Å². The number of nitrogens with one attached hydrogen (secondary N) is 4. The zero-order chi connectivity index (χ0) is 32.2. The van der Waals surface area contributed by atoms with Crippen LogP contribution in [0.4, 0.5) is 11.4 Å². The highest BCUT2D eigenvalue weighted by Gasteiger charge is 2.34. The highest BCUT2D eigenvalue weighted by molar-refractivity contribution is 6.02. The van der Waals surface area contributed by atoms with Crippen molar-refractivity contribution >= 4 is 45.0 Å². The van der Waals surface area contributed by atoms with Crippen molar-refractivity contribution in [2.45, 2.75) is 71.1 Å². The van der Waals surface area contributed by atoms with Crippen LogP contribution in [-0.4, -0.2) is 83.5 Å². The number of aromatic nitrogens is 2. The van der Waals surface area contributed by atoms with Crippen molar-refractivity contribution in [3.8, 4) is 0 Å². The predicted molar refractivity (Wildman–Crippen MR) is 179 cm³/mol. The molecule has 2 aliphatic rings. The van der Waals surface area contributed by atoms with E-state index in [0.717, 1.165) is 55.4 Å². The van der Waals surface area contributed by atoms with Crippen molar-refractivity contribution in [1.29, 1.82) is 0 Å². The summed E-state index contributed by atoms with van der Waals surface area (Å²) in [5.41, 5.74) is 8.41.